The molecule has 2 heterocycles. The van der Waals surface area contributed by atoms with Crippen LogP contribution in [0.5, 0.6) is 0 Å². The van der Waals surface area contributed by atoms with Gasteiger partial charge in [-0.2, -0.15) is 5.10 Å². The Bertz CT molecular complexity index is 1180. The van der Waals surface area contributed by atoms with Crippen LogP contribution in [0.15, 0.2) is 42.6 Å². The summed E-state index contributed by atoms with van der Waals surface area (Å²) in [6.45, 7) is 0.151. The number of benzene rings is 2. The highest BCUT2D eigenvalue weighted by Gasteiger charge is 2.22. The van der Waals surface area contributed by atoms with Crippen LogP contribution in [0.3, 0.4) is 0 Å². The van der Waals surface area contributed by atoms with E-state index in [1.165, 1.54) is 36.1 Å². The highest BCUT2D eigenvalue weighted by Crippen LogP contribution is 2.32. The van der Waals surface area contributed by atoms with E-state index in [0.717, 1.165) is 12.1 Å². The van der Waals surface area contributed by atoms with Gasteiger partial charge in [-0.3, -0.25) is 9.48 Å². The molecule has 3 aromatic rings. The third-order valence-corrected chi connectivity index (χ3v) is 4.29. The van der Waals surface area contributed by atoms with E-state index in [1.807, 2.05) is 0 Å². The topological polar surface area (TPSA) is 46.9 Å². The molecule has 26 heavy (non-hydrogen) atoms. The average molecular weight is 357 g/mol. The molecule has 0 radical (unpaired) electrons. The van der Waals surface area contributed by atoms with Crippen LogP contribution in [-0.4, -0.2) is 15.7 Å². The molecule has 1 amide bonds. The minimum atomic E-state index is -2.64. The first-order valence-electron chi connectivity index (χ1n) is 9.93. The zero-order valence-electron chi connectivity index (χ0n) is 17.8. The summed E-state index contributed by atoms with van der Waals surface area (Å²) < 4.78 is 63.8. The number of aromatic nitrogens is 2. The van der Waals surface area contributed by atoms with Gasteiger partial charge in [0.05, 0.1) is 0 Å². The van der Waals surface area contributed by atoms with E-state index in [2.05, 4.69) is 10.4 Å². The van der Waals surface area contributed by atoms with Crippen molar-refractivity contribution in [3.05, 3.63) is 76.6 Å². The van der Waals surface area contributed by atoms with Crippen molar-refractivity contribution in [1.29, 1.82) is 0 Å². The quantitative estimate of drug-likeness (QED) is 0.778. The number of nitrogens with zero attached hydrogens (tertiary/aromatic N) is 2. The van der Waals surface area contributed by atoms with Gasteiger partial charge < -0.3 is 5.32 Å². The molecule has 4 nitrogen and oxygen atoms in total. The lowest BCUT2D eigenvalue weighted by molar-refractivity contribution is 0.0966. The summed E-state index contributed by atoms with van der Waals surface area (Å²) in [6.07, 6.45) is -3.83. The number of aryl methyl sites for hydroxylation is 3. The van der Waals surface area contributed by atoms with Crippen LogP contribution in [0.1, 0.15) is 32.7 Å². The van der Waals surface area contributed by atoms with Crippen LogP contribution in [0, 0.1) is 11.6 Å². The van der Waals surface area contributed by atoms with E-state index >= 15 is 0 Å². The van der Waals surface area contributed by atoms with E-state index in [4.69, 9.17) is 5.48 Å². The molecule has 0 saturated heterocycles. The molecule has 1 aliphatic rings. The van der Waals surface area contributed by atoms with Gasteiger partial charge in [0, 0.05) is 48.2 Å². The molecule has 0 bridgehead atoms. The maximum atomic E-state index is 14.6. The fourth-order valence-electron chi connectivity index (χ4n) is 2.93. The average Bonchev–Trinajstić information content (AvgIpc) is 3.27. The normalized spacial score (nSPS) is 16.3. The van der Waals surface area contributed by atoms with E-state index in [-0.39, 0.29) is 34.5 Å². The first-order valence-corrected chi connectivity index (χ1v) is 7.93. The van der Waals surface area contributed by atoms with Crippen LogP contribution in [-0.2, 0) is 26.3 Å². The SMILES string of the molecule is [2H]C([2H])(c1cc2c(cc1-c1ccc(F)cc1F)C(=O)NC2)C([2H])([2H])c1ccnn1C. The van der Waals surface area contributed by atoms with Crippen LogP contribution in [0.25, 0.3) is 11.1 Å². The highest BCUT2D eigenvalue weighted by molar-refractivity contribution is 5.99. The second-order valence-corrected chi connectivity index (χ2v) is 5.95. The van der Waals surface area contributed by atoms with Crippen molar-refractivity contribution in [3.63, 3.8) is 0 Å². The van der Waals surface area contributed by atoms with Crippen LogP contribution in [0.4, 0.5) is 8.78 Å². The Morgan fingerprint density at radius 1 is 1.15 bits per heavy atom. The zero-order valence-corrected chi connectivity index (χ0v) is 13.8. The van der Waals surface area contributed by atoms with E-state index < -0.39 is 30.3 Å². The molecule has 0 aliphatic carbocycles. The molecule has 2 aromatic carbocycles. The molecular weight excluding hydrogens is 336 g/mol. The Kier molecular flexibility index (Phi) is 3.02. The maximum absolute atomic E-state index is 14.6. The minimum absolute atomic E-state index is 0.00673. The number of carbonyl (C=O) groups is 1. The lowest BCUT2D eigenvalue weighted by atomic mass is 9.91. The van der Waals surface area contributed by atoms with Gasteiger partial charge >= 0.3 is 0 Å². The summed E-state index contributed by atoms with van der Waals surface area (Å²) in [4.78, 5) is 12.1. The molecule has 0 fully saturated rings. The van der Waals surface area contributed by atoms with Gasteiger partial charge in [0.15, 0.2) is 0 Å². The van der Waals surface area contributed by atoms with Gasteiger partial charge in [-0.1, -0.05) is 6.07 Å². The number of carbonyl (C=O) groups excluding carboxylic acids is 1. The third-order valence-electron chi connectivity index (χ3n) is 4.29. The van der Waals surface area contributed by atoms with Gasteiger partial charge in [-0.25, -0.2) is 8.78 Å². The molecule has 0 saturated carbocycles. The van der Waals surface area contributed by atoms with Gasteiger partial charge in [0.25, 0.3) is 5.91 Å². The molecule has 132 valence electrons. The molecule has 0 unspecified atom stereocenters. The molecular formula is C20H17F2N3O. The van der Waals surface area contributed by atoms with Crippen molar-refractivity contribution in [2.75, 3.05) is 0 Å². The van der Waals surface area contributed by atoms with Crippen LogP contribution >= 0.6 is 0 Å². The van der Waals surface area contributed by atoms with Gasteiger partial charge in [0.2, 0.25) is 0 Å². The second-order valence-electron chi connectivity index (χ2n) is 5.95. The van der Waals surface area contributed by atoms with Gasteiger partial charge in [-0.15, -0.1) is 0 Å². The van der Waals surface area contributed by atoms with E-state index in [9.17, 15) is 13.6 Å². The number of amides is 1. The zero-order chi connectivity index (χ0) is 21.8. The smallest absolute Gasteiger partial charge is 0.251 e. The summed E-state index contributed by atoms with van der Waals surface area (Å²) in [5, 5.41) is 6.53. The first kappa shape index (κ1) is 12.4. The van der Waals surface area contributed by atoms with Crippen LogP contribution in [0.2, 0.25) is 0 Å². The van der Waals surface area contributed by atoms with Crippen LogP contribution < -0.4 is 5.32 Å². The second kappa shape index (κ2) is 6.37. The summed E-state index contributed by atoms with van der Waals surface area (Å²) >= 11 is 0. The fraction of sp³-hybridized carbons (Fsp3) is 0.200. The van der Waals surface area contributed by atoms with Crippen molar-refractivity contribution in [3.8, 4) is 11.1 Å². The van der Waals surface area contributed by atoms with Crippen molar-refractivity contribution >= 4 is 5.91 Å². The number of halogens is 2. The molecule has 0 atom stereocenters. The Morgan fingerprint density at radius 3 is 2.73 bits per heavy atom. The third kappa shape index (κ3) is 2.87. The fourth-order valence-corrected chi connectivity index (χ4v) is 2.93. The van der Waals surface area contributed by atoms with Crippen molar-refractivity contribution < 1.29 is 19.1 Å². The van der Waals surface area contributed by atoms with Crippen molar-refractivity contribution in [2.45, 2.75) is 19.3 Å². The monoisotopic (exact) mass is 357 g/mol. The predicted octanol–water partition coefficient (Wildman–Crippen LogP) is 3.39. The maximum Gasteiger partial charge on any atom is 0.251 e. The van der Waals surface area contributed by atoms with E-state index in [1.54, 1.807) is 0 Å². The summed E-state index contributed by atoms with van der Waals surface area (Å²) in [5.74, 6) is -2.13. The number of rotatable bonds is 4. The summed E-state index contributed by atoms with van der Waals surface area (Å²) in [5.41, 5.74) is 0.431. The highest BCUT2D eigenvalue weighted by atomic mass is 19.1. The van der Waals surface area contributed by atoms with Gasteiger partial charge in [0.1, 0.15) is 11.6 Å². The number of nitrogens with one attached hydrogen (secondary N) is 1. The predicted molar refractivity (Wildman–Crippen MR) is 93.6 cm³/mol. The molecule has 0 spiro atoms. The molecule has 6 heteroatoms. The summed E-state index contributed by atoms with van der Waals surface area (Å²) in [7, 11) is 1.50. The largest absolute Gasteiger partial charge is 0.348 e. The molecule has 1 aliphatic heterocycles. The number of hydrogen-bond acceptors (Lipinski definition) is 2. The Labute approximate surface area is 155 Å². The first-order chi connectivity index (χ1) is 14.0. The molecule has 1 aromatic heterocycles. The Morgan fingerprint density at radius 2 is 2.00 bits per heavy atom. The van der Waals surface area contributed by atoms with Crippen molar-refractivity contribution in [2.24, 2.45) is 7.05 Å². The minimum Gasteiger partial charge on any atom is -0.348 e. The van der Waals surface area contributed by atoms with Crippen molar-refractivity contribution in [1.82, 2.24) is 15.1 Å². The van der Waals surface area contributed by atoms with E-state index in [0.29, 0.717) is 11.6 Å². The number of fused-ring (bicyclic) bond motifs is 1. The summed E-state index contributed by atoms with van der Waals surface area (Å²) in [6, 6.07) is 6.92. The Balaban J connectivity index is 1.99. The standard InChI is InChI=1S/C20H17F2N3O/c1-25-15(6-7-24-25)4-2-12-8-13-11-23-20(26)18(13)10-17(12)16-5-3-14(21)9-19(16)22/h3,5-10H,2,4,11H2,1H3,(H,23,26)/i2D2,4D2. The lowest BCUT2D eigenvalue weighted by Crippen LogP contribution is -2.12. The molecule has 1 N–H and O–H groups in total. The Hall–Kier alpha value is -3.02. The lowest BCUT2D eigenvalue weighted by Gasteiger charge is -2.13. The number of hydrogen-bond donors (Lipinski definition) is 1. The van der Waals surface area contributed by atoms with Gasteiger partial charge in [-0.05, 0) is 53.7 Å². The molecule has 4 rings (SSSR count).